The van der Waals surface area contributed by atoms with Gasteiger partial charge in [0, 0.05) is 94.7 Å². The summed E-state index contributed by atoms with van der Waals surface area (Å²) in [5.41, 5.74) is 0.831. The lowest BCUT2D eigenvalue weighted by Crippen LogP contribution is -2.62. The number of hydrogen-bond acceptors (Lipinski definition) is 28. The van der Waals surface area contributed by atoms with E-state index in [9.17, 15) is 54.3 Å². The fraction of sp³-hybridized carbons (Fsp3) is 0.676. The van der Waals surface area contributed by atoms with Gasteiger partial charge in [-0.05, 0) is 101 Å². The standard InChI is InChI=1S/C68H94IN5O24S3/c1-14-74(37(5)75)41-33-91-47(30-45(41)86-9)96-59-54(80)40(72-98-48-29-42(76)61(36(4)93-48)100-63(83)49-34(2)51(69)57(60(89-12)56(49)87-10)97-64-55(81)58(88-11)53(79)35(3)94-64)32-92-65(59)95-44-19-17-15-16-18-24-68(85)31-43(77)52(71-66(84)90-13)50(44)39(68)23-28-99-101-67(6,7)25-20-46(78)73-26-21-38(22-27-73)62(82)70-8/h15-16,23,35-36,38,40-42,44-45,47-48,53-55,58-59,61,64-65,72,76,79-81,85H,14,20-22,25-33H2,1-13H3,(H,70,82)(H,71,84)/b16-15-,39-23+/t35?,36?,40?,41?,42?,44-,45?,47?,48?,53?,54?,55?,58?,59?,61?,64?,65?,68-/m0/s1. The van der Waals surface area contributed by atoms with E-state index < -0.39 is 137 Å². The fourth-order valence-corrected chi connectivity index (χ4v) is 17.2. The lowest BCUT2D eigenvalue weighted by Gasteiger charge is -2.45. The molecule has 0 spiro atoms. The molecular weight excluding hydrogens is 1490 g/mol. The van der Waals surface area contributed by atoms with Crippen molar-refractivity contribution in [2.45, 2.75) is 207 Å². The molecule has 101 heavy (non-hydrogen) atoms. The highest BCUT2D eigenvalue weighted by atomic mass is 127. The molecule has 1 aromatic carbocycles. The van der Waals surface area contributed by atoms with Gasteiger partial charge in [-0.25, -0.2) is 4.79 Å². The molecule has 8 rings (SSSR count). The second kappa shape index (κ2) is 36.9. The van der Waals surface area contributed by atoms with Gasteiger partial charge < -0.3 is 97.5 Å². The van der Waals surface area contributed by atoms with Gasteiger partial charge in [-0.15, -0.1) is 0 Å². The Bertz CT molecular complexity index is 3360. The number of hydroxylamine groups is 1. The van der Waals surface area contributed by atoms with E-state index in [1.807, 2.05) is 43.4 Å². The smallest absolute Gasteiger partial charge is 0.411 e. The predicted octanol–water partition coefficient (Wildman–Crippen LogP) is 3.33. The molecule has 0 radical (unpaired) electrons. The number of rotatable bonds is 26. The van der Waals surface area contributed by atoms with Crippen LogP contribution in [0.25, 0.3) is 0 Å². The first-order valence-corrected chi connectivity index (χ1v) is 37.5. The number of likely N-dealkylation sites (tertiary alicyclic amines) is 1. The minimum absolute atomic E-state index is 0.00155. The van der Waals surface area contributed by atoms with Crippen LogP contribution in [0.3, 0.4) is 0 Å². The van der Waals surface area contributed by atoms with Crippen LogP contribution in [0.1, 0.15) is 102 Å². The van der Waals surface area contributed by atoms with E-state index in [1.165, 1.54) is 69.1 Å². The van der Waals surface area contributed by atoms with E-state index in [0.717, 1.165) is 18.9 Å². The molecule has 4 amide bonds. The third-order valence-electron chi connectivity index (χ3n) is 18.6. The largest absolute Gasteiger partial charge is 0.492 e. The maximum absolute atomic E-state index is 14.5. The van der Waals surface area contributed by atoms with Crippen LogP contribution in [-0.4, -0.2) is 265 Å². The first-order chi connectivity index (χ1) is 48.1. The van der Waals surface area contributed by atoms with Gasteiger partial charge in [-0.1, -0.05) is 63.1 Å². The summed E-state index contributed by atoms with van der Waals surface area (Å²) in [6, 6.07) is -1.66. The average molecular weight is 1590 g/mol. The summed E-state index contributed by atoms with van der Waals surface area (Å²) >= 11 is 2.79. The zero-order valence-corrected chi connectivity index (χ0v) is 63.4. The van der Waals surface area contributed by atoms with Crippen LogP contribution in [-0.2, 0) is 66.6 Å². The fourth-order valence-electron chi connectivity index (χ4n) is 13.0. The van der Waals surface area contributed by atoms with Crippen molar-refractivity contribution >= 4 is 90.7 Å². The molecule has 29 nitrogen and oxygen atoms in total. The van der Waals surface area contributed by atoms with Gasteiger partial charge in [0.15, 0.2) is 41.8 Å². The number of nitrogens with zero attached hydrogens (tertiary/aromatic N) is 2. The third kappa shape index (κ3) is 19.6. The van der Waals surface area contributed by atoms with Gasteiger partial charge >= 0.3 is 6.09 Å². The van der Waals surface area contributed by atoms with Crippen molar-refractivity contribution in [3.05, 3.63) is 49.8 Å². The van der Waals surface area contributed by atoms with Gasteiger partial charge in [0.05, 0.1) is 97.5 Å². The molecule has 16 unspecified atom stereocenters. The molecule has 0 aromatic heterocycles. The molecule has 5 aliphatic heterocycles. The van der Waals surface area contributed by atoms with E-state index in [2.05, 4.69) is 39.8 Å². The summed E-state index contributed by atoms with van der Waals surface area (Å²) in [5, 5.41) is 62.6. The lowest BCUT2D eigenvalue weighted by molar-refractivity contribution is -0.325. The maximum atomic E-state index is 14.5. The summed E-state index contributed by atoms with van der Waals surface area (Å²) < 4.78 is 72.3. The molecule has 7 aliphatic rings. The summed E-state index contributed by atoms with van der Waals surface area (Å²) in [6.45, 7) is 13.2. The van der Waals surface area contributed by atoms with Gasteiger partial charge in [0.25, 0.3) is 0 Å². The number of halogens is 1. The van der Waals surface area contributed by atoms with Crippen LogP contribution in [0.15, 0.2) is 35.1 Å². The highest BCUT2D eigenvalue weighted by Gasteiger charge is 2.51. The molecular formula is C68H94IN5O24S3. The lowest BCUT2D eigenvalue weighted by atomic mass is 9.75. The number of carbonyl (C=O) groups is 6. The number of thioether (sulfide) groups is 1. The Morgan fingerprint density at radius 1 is 0.881 bits per heavy atom. The van der Waals surface area contributed by atoms with Crippen LogP contribution in [0.2, 0.25) is 0 Å². The number of benzene rings is 1. The predicted molar refractivity (Wildman–Crippen MR) is 378 cm³/mol. The molecule has 2 aliphatic carbocycles. The number of nitrogens with one attached hydrogen (secondary N) is 3. The van der Waals surface area contributed by atoms with Gasteiger partial charge in [0.2, 0.25) is 34.9 Å². The first-order valence-electron chi connectivity index (χ1n) is 33.3. The van der Waals surface area contributed by atoms with E-state index >= 15 is 0 Å². The van der Waals surface area contributed by atoms with E-state index in [0.29, 0.717) is 48.0 Å². The number of ketones is 1. The van der Waals surface area contributed by atoms with E-state index in [1.54, 1.807) is 43.7 Å². The number of Topliss-reactive ketones (excluding diaryl/α,β-unsaturated/α-hetero) is 1. The Morgan fingerprint density at radius 3 is 2.24 bits per heavy atom. The molecule has 560 valence electrons. The number of aliphatic hydroxyl groups excluding tert-OH is 4. The van der Waals surface area contributed by atoms with Crippen molar-refractivity contribution in [1.82, 2.24) is 25.9 Å². The molecule has 2 bridgehead atoms. The topological polar surface area (TPSA) is 366 Å². The molecule has 1 aromatic rings. The summed E-state index contributed by atoms with van der Waals surface area (Å²) in [5.74, 6) is 10.7. The Morgan fingerprint density at radius 2 is 1.59 bits per heavy atom. The number of piperidine rings is 1. The summed E-state index contributed by atoms with van der Waals surface area (Å²) in [6.07, 6.45) is -12.3. The minimum atomic E-state index is -2.18. The first kappa shape index (κ1) is 81.8. The summed E-state index contributed by atoms with van der Waals surface area (Å²) in [4.78, 5) is 90.1. The molecule has 18 atom stereocenters. The van der Waals surface area contributed by atoms with Crippen molar-refractivity contribution in [1.29, 1.82) is 0 Å². The van der Waals surface area contributed by atoms with Crippen LogP contribution in [0.5, 0.6) is 17.2 Å². The zero-order chi connectivity index (χ0) is 73.8. The van der Waals surface area contributed by atoms with E-state index in [4.69, 9.17) is 61.7 Å². The Labute approximate surface area is 614 Å². The average Bonchev–Trinajstić information content (AvgIpc) is 0.759. The molecule has 5 saturated heterocycles. The Kier molecular flexibility index (Phi) is 29.9. The van der Waals surface area contributed by atoms with Crippen LogP contribution >= 0.6 is 55.9 Å². The van der Waals surface area contributed by atoms with Crippen LogP contribution < -0.4 is 30.3 Å². The van der Waals surface area contributed by atoms with Crippen molar-refractivity contribution < 1.29 is 116 Å². The SMILES string of the molecule is CCN(C(C)=O)C1COC(OC2C(O[C@H]3C#C/C=C\C#C[C@]4(O)CC(=O)C(NC(=O)OC)=C3/C4=C\CSSC(C)(C)CCC(=O)N3CCC(C(=O)NC)CC3)OCC(NOC3CC(O)C(SC(=O)c4c(C)c(I)c(OC5OC(C)C(O)C(OC)C5O)c(OC)c4OC)C(C)O3)C2O)CC1OC. The quantitative estimate of drug-likeness (QED) is 0.0217. The second-order valence-electron chi connectivity index (χ2n) is 25.7. The van der Waals surface area contributed by atoms with Crippen LogP contribution in [0, 0.1) is 40.1 Å². The van der Waals surface area contributed by atoms with Crippen molar-refractivity contribution in [2.75, 3.05) is 81.2 Å². The number of amides is 4. The van der Waals surface area contributed by atoms with Crippen LogP contribution in [0.4, 0.5) is 4.79 Å². The number of likely N-dealkylation sites (N-methyl/N-ethyl adjacent to an activating group) is 1. The van der Waals surface area contributed by atoms with Crippen molar-refractivity contribution in [3.63, 3.8) is 0 Å². The van der Waals surface area contributed by atoms with Gasteiger partial charge in [-0.2, -0.15) is 5.48 Å². The van der Waals surface area contributed by atoms with Gasteiger partial charge in [-0.3, -0.25) is 34.1 Å². The highest BCUT2D eigenvalue weighted by Crippen LogP contribution is 2.49. The molecule has 5 heterocycles. The van der Waals surface area contributed by atoms with Crippen molar-refractivity contribution in [2.24, 2.45) is 5.92 Å². The number of methoxy groups -OCH3 is 5. The molecule has 0 saturated carbocycles. The summed E-state index contributed by atoms with van der Waals surface area (Å²) in [7, 11) is 11.2. The maximum Gasteiger partial charge on any atom is 0.411 e. The third-order valence-corrected chi connectivity index (χ3v) is 24.5. The number of carbonyl (C=O) groups excluding carboxylic acids is 6. The van der Waals surface area contributed by atoms with Crippen molar-refractivity contribution in [3.8, 4) is 40.9 Å². The Balaban J connectivity index is 1.01. The number of hydrogen-bond donors (Lipinski definition) is 8. The minimum Gasteiger partial charge on any atom is -0.492 e. The second-order valence-corrected chi connectivity index (χ2v) is 31.0. The highest BCUT2D eigenvalue weighted by molar-refractivity contribution is 14.1. The molecule has 5 fully saturated rings. The van der Waals surface area contributed by atoms with E-state index in [-0.39, 0.29) is 102 Å². The number of aliphatic hydroxyl groups is 5. The molecule has 8 N–H and O–H groups in total. The number of alkyl carbamates (subject to hydrolysis) is 1. The zero-order valence-electron chi connectivity index (χ0n) is 58.8. The normalized spacial score (nSPS) is 32.3. The molecule has 33 heteroatoms. The Hall–Kier alpha value is -4.84. The monoisotopic (exact) mass is 1590 g/mol. The number of fused-ring (bicyclic) bond motifs is 2. The number of ether oxygens (including phenoxy) is 12. The number of allylic oxidation sites excluding steroid dienone is 3. The van der Waals surface area contributed by atoms with Gasteiger partial charge in [0.1, 0.15) is 36.6 Å².